The molecule has 3 N–H and O–H groups in total. The topological polar surface area (TPSA) is 55.5 Å². The van der Waals surface area contributed by atoms with E-state index in [1.807, 2.05) is 26.8 Å². The van der Waals surface area contributed by atoms with Gasteiger partial charge in [0.1, 0.15) is 18.1 Å². The summed E-state index contributed by atoms with van der Waals surface area (Å²) in [5.41, 5.74) is 7.37. The third kappa shape index (κ3) is 2.39. The van der Waals surface area contributed by atoms with E-state index in [9.17, 15) is 5.11 Å². The highest BCUT2D eigenvalue weighted by Gasteiger charge is 2.08. The minimum atomic E-state index is -0.00357. The lowest BCUT2D eigenvalue weighted by molar-refractivity contribution is 0.290. The molecule has 0 fully saturated rings. The van der Waals surface area contributed by atoms with Crippen LogP contribution in [-0.4, -0.2) is 17.8 Å². The van der Waals surface area contributed by atoms with Gasteiger partial charge in [-0.2, -0.15) is 0 Å². The zero-order valence-corrected chi connectivity index (χ0v) is 8.87. The summed E-state index contributed by atoms with van der Waals surface area (Å²) >= 11 is 0. The summed E-state index contributed by atoms with van der Waals surface area (Å²) < 4.78 is 5.52. The summed E-state index contributed by atoms with van der Waals surface area (Å²) in [6, 6.07) is 3.50. The Kier molecular flexibility index (Phi) is 3.36. The minimum Gasteiger partial charge on any atom is -0.508 e. The lowest BCUT2D eigenvalue weighted by Gasteiger charge is -2.14. The Labute approximate surface area is 84.5 Å². The van der Waals surface area contributed by atoms with Gasteiger partial charge in [-0.1, -0.05) is 6.07 Å². The molecule has 14 heavy (non-hydrogen) atoms. The number of ether oxygens (including phenoxy) is 1. The summed E-state index contributed by atoms with van der Waals surface area (Å²) in [4.78, 5) is 0. The molecule has 0 amide bonds. The Hall–Kier alpha value is -1.22. The predicted octanol–water partition coefficient (Wildman–Crippen LogP) is 1.74. The van der Waals surface area contributed by atoms with E-state index >= 15 is 0 Å². The molecule has 0 unspecified atom stereocenters. The molecule has 0 spiro atoms. The van der Waals surface area contributed by atoms with Crippen LogP contribution in [0.4, 0.5) is 0 Å². The summed E-state index contributed by atoms with van der Waals surface area (Å²) in [5.74, 6) is 0.998. The van der Waals surface area contributed by atoms with Crippen LogP contribution in [0.15, 0.2) is 12.1 Å². The monoisotopic (exact) mass is 195 g/mol. The molecule has 1 rings (SSSR count). The first-order valence-corrected chi connectivity index (χ1v) is 4.70. The van der Waals surface area contributed by atoms with E-state index < -0.39 is 0 Å². The van der Waals surface area contributed by atoms with Crippen molar-refractivity contribution in [1.82, 2.24) is 0 Å². The van der Waals surface area contributed by atoms with Crippen molar-refractivity contribution >= 4 is 0 Å². The fourth-order valence-corrected chi connectivity index (χ4v) is 1.25. The Morgan fingerprint density at radius 1 is 1.43 bits per heavy atom. The van der Waals surface area contributed by atoms with E-state index in [1.54, 1.807) is 6.07 Å². The molecule has 0 heterocycles. The highest BCUT2D eigenvalue weighted by molar-refractivity contribution is 5.47. The first-order valence-electron chi connectivity index (χ1n) is 4.70. The molecule has 0 bridgehead atoms. The van der Waals surface area contributed by atoms with Gasteiger partial charge >= 0.3 is 0 Å². The molecule has 0 saturated heterocycles. The molecule has 0 aliphatic heterocycles. The molecule has 0 aliphatic carbocycles. The largest absolute Gasteiger partial charge is 0.508 e. The fraction of sp³-hybridized carbons (Fsp3) is 0.455. The van der Waals surface area contributed by atoms with Gasteiger partial charge in [0.25, 0.3) is 0 Å². The van der Waals surface area contributed by atoms with Crippen molar-refractivity contribution in [2.75, 3.05) is 6.61 Å². The van der Waals surface area contributed by atoms with Crippen molar-refractivity contribution in [3.05, 3.63) is 23.3 Å². The number of aryl methyl sites for hydroxylation is 1. The normalized spacial score (nSPS) is 12.6. The third-order valence-corrected chi connectivity index (χ3v) is 2.06. The maximum absolute atomic E-state index is 9.48. The van der Waals surface area contributed by atoms with Gasteiger partial charge in [0.2, 0.25) is 0 Å². The molecule has 0 aromatic heterocycles. The van der Waals surface area contributed by atoms with E-state index in [0.29, 0.717) is 6.61 Å². The lowest BCUT2D eigenvalue weighted by Crippen LogP contribution is -2.24. The Balaban J connectivity index is 2.89. The standard InChI is InChI=1S/C11H17NO2/c1-7-4-5-10(13)9(3)11(7)14-6-8(2)12/h4-5,8,13H,6,12H2,1-3H3/t8-/m0/s1. The summed E-state index contributed by atoms with van der Waals surface area (Å²) in [6.45, 7) is 6.13. The van der Waals surface area contributed by atoms with Crippen molar-refractivity contribution in [2.45, 2.75) is 26.8 Å². The third-order valence-electron chi connectivity index (χ3n) is 2.06. The number of phenols is 1. The van der Waals surface area contributed by atoms with Gasteiger partial charge in [-0.15, -0.1) is 0 Å². The van der Waals surface area contributed by atoms with E-state index in [0.717, 1.165) is 16.9 Å². The smallest absolute Gasteiger partial charge is 0.128 e. The van der Waals surface area contributed by atoms with Gasteiger partial charge in [-0.05, 0) is 32.4 Å². The van der Waals surface area contributed by atoms with Crippen LogP contribution in [0.5, 0.6) is 11.5 Å². The van der Waals surface area contributed by atoms with Crippen molar-refractivity contribution in [3.63, 3.8) is 0 Å². The first-order chi connectivity index (χ1) is 6.52. The average Bonchev–Trinajstić information content (AvgIpc) is 2.11. The van der Waals surface area contributed by atoms with Crippen LogP contribution < -0.4 is 10.5 Å². The molecular weight excluding hydrogens is 178 g/mol. The molecule has 0 saturated carbocycles. The van der Waals surface area contributed by atoms with E-state index in [-0.39, 0.29) is 11.8 Å². The Morgan fingerprint density at radius 3 is 2.64 bits per heavy atom. The first kappa shape index (κ1) is 10.9. The van der Waals surface area contributed by atoms with Crippen LogP contribution >= 0.6 is 0 Å². The van der Waals surface area contributed by atoms with Crippen molar-refractivity contribution in [2.24, 2.45) is 5.73 Å². The van der Waals surface area contributed by atoms with Gasteiger partial charge in [0.05, 0.1) is 0 Å². The predicted molar refractivity (Wildman–Crippen MR) is 56.7 cm³/mol. The second-order valence-electron chi connectivity index (χ2n) is 3.64. The SMILES string of the molecule is Cc1ccc(O)c(C)c1OC[C@H](C)N. The van der Waals surface area contributed by atoms with E-state index in [1.165, 1.54) is 0 Å². The fourth-order valence-electron chi connectivity index (χ4n) is 1.25. The lowest BCUT2D eigenvalue weighted by atomic mass is 10.1. The Morgan fingerprint density at radius 2 is 2.07 bits per heavy atom. The molecule has 1 aromatic rings. The van der Waals surface area contributed by atoms with Crippen LogP contribution in [0.3, 0.4) is 0 Å². The maximum Gasteiger partial charge on any atom is 0.128 e. The van der Waals surface area contributed by atoms with Gasteiger partial charge in [-0.3, -0.25) is 0 Å². The molecule has 1 aromatic carbocycles. The molecule has 0 radical (unpaired) electrons. The number of nitrogens with two attached hydrogens (primary N) is 1. The zero-order chi connectivity index (χ0) is 10.7. The van der Waals surface area contributed by atoms with Crippen molar-refractivity contribution < 1.29 is 9.84 Å². The van der Waals surface area contributed by atoms with Crippen molar-refractivity contribution in [3.8, 4) is 11.5 Å². The number of rotatable bonds is 3. The molecule has 3 nitrogen and oxygen atoms in total. The molecule has 1 atom stereocenters. The number of hydrogen-bond donors (Lipinski definition) is 2. The molecular formula is C11H17NO2. The van der Waals surface area contributed by atoms with Crippen LogP contribution in [0.2, 0.25) is 0 Å². The van der Waals surface area contributed by atoms with Crippen LogP contribution in [0, 0.1) is 13.8 Å². The second-order valence-corrected chi connectivity index (χ2v) is 3.64. The van der Waals surface area contributed by atoms with Gasteiger partial charge in [-0.25, -0.2) is 0 Å². The molecule has 0 aliphatic rings. The second kappa shape index (κ2) is 4.33. The number of phenolic OH excluding ortho intramolecular Hbond substituents is 1. The zero-order valence-electron chi connectivity index (χ0n) is 8.87. The highest BCUT2D eigenvalue weighted by atomic mass is 16.5. The summed E-state index contributed by atoms with van der Waals surface area (Å²) in [6.07, 6.45) is 0. The summed E-state index contributed by atoms with van der Waals surface area (Å²) in [7, 11) is 0. The maximum atomic E-state index is 9.48. The van der Waals surface area contributed by atoms with Crippen LogP contribution in [0.25, 0.3) is 0 Å². The number of hydrogen-bond acceptors (Lipinski definition) is 3. The van der Waals surface area contributed by atoms with Crippen molar-refractivity contribution in [1.29, 1.82) is 0 Å². The number of aromatic hydroxyl groups is 1. The average molecular weight is 195 g/mol. The van der Waals surface area contributed by atoms with Crippen LogP contribution in [0.1, 0.15) is 18.1 Å². The molecule has 78 valence electrons. The number of benzene rings is 1. The van der Waals surface area contributed by atoms with Gasteiger partial charge in [0.15, 0.2) is 0 Å². The highest BCUT2D eigenvalue weighted by Crippen LogP contribution is 2.29. The van der Waals surface area contributed by atoms with E-state index in [4.69, 9.17) is 10.5 Å². The Bertz CT molecular complexity index is 321. The van der Waals surface area contributed by atoms with Gasteiger partial charge in [0, 0.05) is 11.6 Å². The summed E-state index contributed by atoms with van der Waals surface area (Å²) in [5, 5.41) is 9.48. The molecule has 3 heteroatoms. The van der Waals surface area contributed by atoms with E-state index in [2.05, 4.69) is 0 Å². The minimum absolute atomic E-state index is 0.00357. The van der Waals surface area contributed by atoms with Crippen LogP contribution in [-0.2, 0) is 0 Å². The quantitative estimate of drug-likeness (QED) is 0.772. The van der Waals surface area contributed by atoms with Gasteiger partial charge < -0.3 is 15.6 Å².